The van der Waals surface area contributed by atoms with Gasteiger partial charge in [0.1, 0.15) is 11.4 Å². The molecule has 3 heterocycles. The molecule has 5 nitrogen and oxygen atoms in total. The summed E-state index contributed by atoms with van der Waals surface area (Å²) in [5, 5.41) is 0. The quantitative estimate of drug-likeness (QED) is 0.840. The standard InChI is InChI=1S/C16H26N2O3/c1-17(2)9-14-8-16(21-11-14)12-18(5-7-19-13-16)10-15-4-3-6-20-15/h3-4,6,14H,5,7-13H2,1-2H3/t14-,16-/m1/s1. The largest absolute Gasteiger partial charge is 0.468 e. The van der Waals surface area contributed by atoms with Gasteiger partial charge in [0, 0.05) is 19.6 Å². The van der Waals surface area contributed by atoms with Gasteiger partial charge in [-0.1, -0.05) is 0 Å². The molecule has 0 bridgehead atoms. The van der Waals surface area contributed by atoms with Crippen LogP contribution in [0.2, 0.25) is 0 Å². The molecule has 2 saturated heterocycles. The molecule has 0 saturated carbocycles. The van der Waals surface area contributed by atoms with Crippen molar-refractivity contribution in [1.29, 1.82) is 0 Å². The molecule has 0 amide bonds. The topological polar surface area (TPSA) is 38.1 Å². The lowest BCUT2D eigenvalue weighted by Crippen LogP contribution is -2.44. The van der Waals surface area contributed by atoms with Gasteiger partial charge >= 0.3 is 0 Å². The van der Waals surface area contributed by atoms with Crippen LogP contribution in [0.4, 0.5) is 0 Å². The van der Waals surface area contributed by atoms with E-state index in [1.807, 2.05) is 12.1 Å². The van der Waals surface area contributed by atoms with Gasteiger partial charge in [0.25, 0.3) is 0 Å². The summed E-state index contributed by atoms with van der Waals surface area (Å²) in [6.07, 6.45) is 2.82. The summed E-state index contributed by atoms with van der Waals surface area (Å²) in [5.74, 6) is 1.61. The van der Waals surface area contributed by atoms with Gasteiger partial charge in [0.05, 0.1) is 32.6 Å². The number of ether oxygens (including phenoxy) is 2. The third-order valence-corrected chi connectivity index (χ3v) is 4.30. The van der Waals surface area contributed by atoms with E-state index in [1.54, 1.807) is 6.26 Å². The van der Waals surface area contributed by atoms with Crippen molar-refractivity contribution in [3.05, 3.63) is 24.2 Å². The molecular formula is C16H26N2O3. The maximum Gasteiger partial charge on any atom is 0.117 e. The highest BCUT2D eigenvalue weighted by atomic mass is 16.5. The number of nitrogens with zero attached hydrogens (tertiary/aromatic N) is 2. The molecule has 2 fully saturated rings. The van der Waals surface area contributed by atoms with Crippen LogP contribution in [0.25, 0.3) is 0 Å². The fraction of sp³-hybridized carbons (Fsp3) is 0.750. The summed E-state index contributed by atoms with van der Waals surface area (Å²) >= 11 is 0. The molecule has 118 valence electrons. The van der Waals surface area contributed by atoms with Gasteiger partial charge in [-0.2, -0.15) is 0 Å². The Balaban J connectivity index is 1.62. The highest BCUT2D eigenvalue weighted by Gasteiger charge is 2.43. The molecule has 0 radical (unpaired) electrons. The van der Waals surface area contributed by atoms with Gasteiger partial charge < -0.3 is 18.8 Å². The van der Waals surface area contributed by atoms with E-state index in [1.165, 1.54) is 0 Å². The van der Waals surface area contributed by atoms with Gasteiger partial charge in [-0.15, -0.1) is 0 Å². The molecule has 1 spiro atoms. The Hall–Kier alpha value is -0.880. The van der Waals surface area contributed by atoms with Crippen molar-refractivity contribution in [2.24, 2.45) is 5.92 Å². The van der Waals surface area contributed by atoms with E-state index in [0.717, 1.165) is 51.6 Å². The van der Waals surface area contributed by atoms with E-state index >= 15 is 0 Å². The lowest BCUT2D eigenvalue weighted by atomic mass is 9.94. The molecule has 2 atom stereocenters. The van der Waals surface area contributed by atoms with Crippen molar-refractivity contribution in [3.8, 4) is 0 Å². The first-order valence-electron chi connectivity index (χ1n) is 7.76. The first-order chi connectivity index (χ1) is 10.2. The Labute approximate surface area is 126 Å². The maximum absolute atomic E-state index is 6.20. The van der Waals surface area contributed by atoms with Gasteiger partial charge in [-0.05, 0) is 38.6 Å². The van der Waals surface area contributed by atoms with Crippen molar-refractivity contribution in [3.63, 3.8) is 0 Å². The average molecular weight is 294 g/mol. The fourth-order valence-electron chi connectivity index (χ4n) is 3.52. The third kappa shape index (κ3) is 3.86. The summed E-state index contributed by atoms with van der Waals surface area (Å²) in [6, 6.07) is 3.97. The third-order valence-electron chi connectivity index (χ3n) is 4.30. The van der Waals surface area contributed by atoms with Crippen molar-refractivity contribution in [1.82, 2.24) is 9.80 Å². The molecule has 1 aromatic rings. The van der Waals surface area contributed by atoms with Crippen LogP contribution in [-0.4, -0.2) is 69.0 Å². The Kier molecular flexibility index (Phi) is 4.64. The SMILES string of the molecule is CN(C)C[C@@H]1CO[C@]2(COCCN(Cc3ccco3)C2)C1. The van der Waals surface area contributed by atoms with Gasteiger partial charge in [-0.3, -0.25) is 4.90 Å². The van der Waals surface area contributed by atoms with Crippen LogP contribution in [0, 0.1) is 5.92 Å². The molecular weight excluding hydrogens is 268 g/mol. The Morgan fingerprint density at radius 1 is 1.43 bits per heavy atom. The van der Waals surface area contributed by atoms with E-state index in [-0.39, 0.29) is 5.60 Å². The van der Waals surface area contributed by atoms with Crippen molar-refractivity contribution in [2.45, 2.75) is 18.6 Å². The van der Waals surface area contributed by atoms with Crippen LogP contribution < -0.4 is 0 Å². The minimum atomic E-state index is -0.135. The maximum atomic E-state index is 6.20. The highest BCUT2D eigenvalue weighted by Crippen LogP contribution is 2.33. The second-order valence-electron chi connectivity index (χ2n) is 6.67. The number of furan rings is 1. The zero-order chi connectivity index (χ0) is 14.7. The lowest BCUT2D eigenvalue weighted by molar-refractivity contribution is -0.0566. The summed E-state index contributed by atoms with van der Waals surface area (Å²) in [7, 11) is 4.25. The second kappa shape index (κ2) is 6.48. The van der Waals surface area contributed by atoms with Crippen LogP contribution in [0.1, 0.15) is 12.2 Å². The van der Waals surface area contributed by atoms with Crippen molar-refractivity contribution < 1.29 is 13.9 Å². The molecule has 2 aliphatic heterocycles. The molecule has 1 aromatic heterocycles. The first-order valence-corrected chi connectivity index (χ1v) is 7.76. The van der Waals surface area contributed by atoms with Crippen LogP contribution in [0.5, 0.6) is 0 Å². The number of hydrogen-bond acceptors (Lipinski definition) is 5. The smallest absolute Gasteiger partial charge is 0.117 e. The van der Waals surface area contributed by atoms with Gasteiger partial charge in [-0.25, -0.2) is 0 Å². The lowest BCUT2D eigenvalue weighted by Gasteiger charge is -2.30. The molecule has 2 aliphatic rings. The summed E-state index contributed by atoms with van der Waals surface area (Å²) in [4.78, 5) is 4.63. The molecule has 0 unspecified atom stereocenters. The monoisotopic (exact) mass is 294 g/mol. The Bertz CT molecular complexity index is 435. The van der Waals surface area contributed by atoms with Crippen LogP contribution >= 0.6 is 0 Å². The molecule has 3 rings (SSSR count). The summed E-state index contributed by atoms with van der Waals surface area (Å²) < 4.78 is 17.5. The van der Waals surface area contributed by atoms with Gasteiger partial charge in [0.2, 0.25) is 0 Å². The fourth-order valence-corrected chi connectivity index (χ4v) is 3.52. The first kappa shape index (κ1) is 15.0. The Morgan fingerprint density at radius 3 is 3.10 bits per heavy atom. The minimum Gasteiger partial charge on any atom is -0.468 e. The predicted octanol–water partition coefficient (Wildman–Crippen LogP) is 1.45. The van der Waals surface area contributed by atoms with Crippen LogP contribution in [0.15, 0.2) is 22.8 Å². The second-order valence-corrected chi connectivity index (χ2v) is 6.67. The van der Waals surface area contributed by atoms with E-state index in [2.05, 4.69) is 23.9 Å². The highest BCUT2D eigenvalue weighted by molar-refractivity contribution is 5.00. The van der Waals surface area contributed by atoms with Crippen molar-refractivity contribution in [2.75, 3.05) is 53.6 Å². The Morgan fingerprint density at radius 2 is 2.33 bits per heavy atom. The predicted molar refractivity (Wildman–Crippen MR) is 80.1 cm³/mol. The number of hydrogen-bond donors (Lipinski definition) is 0. The van der Waals surface area contributed by atoms with Crippen molar-refractivity contribution >= 4 is 0 Å². The minimum absolute atomic E-state index is 0.135. The average Bonchev–Trinajstić information content (AvgIpc) is 3.00. The van der Waals surface area contributed by atoms with Crippen LogP contribution in [-0.2, 0) is 16.0 Å². The van der Waals surface area contributed by atoms with Gasteiger partial charge in [0.15, 0.2) is 0 Å². The van der Waals surface area contributed by atoms with Crippen LogP contribution in [0.3, 0.4) is 0 Å². The molecule has 0 aromatic carbocycles. The summed E-state index contributed by atoms with van der Waals surface area (Å²) in [5.41, 5.74) is -0.135. The van der Waals surface area contributed by atoms with E-state index in [4.69, 9.17) is 13.9 Å². The molecule has 21 heavy (non-hydrogen) atoms. The van der Waals surface area contributed by atoms with E-state index < -0.39 is 0 Å². The molecule has 0 N–H and O–H groups in total. The van der Waals surface area contributed by atoms with E-state index in [0.29, 0.717) is 12.5 Å². The molecule has 5 heteroatoms. The number of rotatable bonds is 4. The zero-order valence-corrected chi connectivity index (χ0v) is 13.1. The van der Waals surface area contributed by atoms with E-state index in [9.17, 15) is 0 Å². The molecule has 0 aliphatic carbocycles. The summed E-state index contributed by atoms with van der Waals surface area (Å²) in [6.45, 7) is 6.10. The zero-order valence-electron chi connectivity index (χ0n) is 13.1. The normalized spacial score (nSPS) is 31.1.